The van der Waals surface area contributed by atoms with Crippen LogP contribution < -0.4 is 0 Å². The minimum atomic E-state index is 0.476. The standard InChI is InChI=1S/C9H12N/c1-8(2)6-9-4-3-5-10-7-9/h3-5,7-8H,1,6H2,2H3. The van der Waals surface area contributed by atoms with Gasteiger partial charge in [-0.1, -0.05) is 19.9 Å². The Morgan fingerprint density at radius 1 is 1.70 bits per heavy atom. The van der Waals surface area contributed by atoms with Crippen LogP contribution in [0.5, 0.6) is 0 Å². The average molecular weight is 134 g/mol. The summed E-state index contributed by atoms with van der Waals surface area (Å²) in [5.41, 5.74) is 1.27. The van der Waals surface area contributed by atoms with Crippen LogP contribution in [0.25, 0.3) is 0 Å². The number of hydrogen-bond donors (Lipinski definition) is 0. The third-order valence-electron chi connectivity index (χ3n) is 1.31. The normalized spacial score (nSPS) is 10.3. The summed E-state index contributed by atoms with van der Waals surface area (Å²) >= 11 is 0. The summed E-state index contributed by atoms with van der Waals surface area (Å²) in [6, 6.07) is 4.03. The first kappa shape index (κ1) is 7.26. The van der Waals surface area contributed by atoms with E-state index in [0.717, 1.165) is 6.42 Å². The molecule has 0 amide bonds. The number of hydrogen-bond acceptors (Lipinski definition) is 1. The quantitative estimate of drug-likeness (QED) is 0.603. The molecule has 1 nitrogen and oxygen atoms in total. The third kappa shape index (κ3) is 2.18. The van der Waals surface area contributed by atoms with Gasteiger partial charge in [0.2, 0.25) is 0 Å². The molecule has 0 aliphatic carbocycles. The van der Waals surface area contributed by atoms with Crippen molar-refractivity contribution in [3.8, 4) is 0 Å². The Morgan fingerprint density at radius 2 is 2.50 bits per heavy atom. The van der Waals surface area contributed by atoms with Gasteiger partial charge in [-0.15, -0.1) is 0 Å². The number of aromatic nitrogens is 1. The maximum Gasteiger partial charge on any atom is 0.0299 e. The highest BCUT2D eigenvalue weighted by Crippen LogP contribution is 2.04. The van der Waals surface area contributed by atoms with Gasteiger partial charge in [0, 0.05) is 12.4 Å². The number of pyridine rings is 1. The molecule has 0 spiro atoms. The fourth-order valence-corrected chi connectivity index (χ4v) is 0.921. The second kappa shape index (κ2) is 3.35. The highest BCUT2D eigenvalue weighted by atomic mass is 14.6. The van der Waals surface area contributed by atoms with Crippen molar-refractivity contribution in [2.24, 2.45) is 5.92 Å². The van der Waals surface area contributed by atoms with E-state index in [1.807, 2.05) is 12.3 Å². The molecule has 1 atom stereocenters. The molecule has 1 radical (unpaired) electrons. The third-order valence-corrected chi connectivity index (χ3v) is 1.31. The van der Waals surface area contributed by atoms with E-state index in [1.165, 1.54) is 5.56 Å². The van der Waals surface area contributed by atoms with Crippen LogP contribution in [0.4, 0.5) is 0 Å². The van der Waals surface area contributed by atoms with Crippen molar-refractivity contribution in [1.29, 1.82) is 0 Å². The lowest BCUT2D eigenvalue weighted by atomic mass is 10.1. The molecule has 53 valence electrons. The summed E-state index contributed by atoms with van der Waals surface area (Å²) in [5.74, 6) is 0.476. The fourth-order valence-electron chi connectivity index (χ4n) is 0.921. The van der Waals surface area contributed by atoms with Gasteiger partial charge in [0.15, 0.2) is 0 Å². The molecule has 1 aromatic rings. The Bertz CT molecular complexity index is 179. The van der Waals surface area contributed by atoms with E-state index in [-0.39, 0.29) is 0 Å². The van der Waals surface area contributed by atoms with E-state index >= 15 is 0 Å². The van der Waals surface area contributed by atoms with Gasteiger partial charge in [-0.25, -0.2) is 0 Å². The lowest BCUT2D eigenvalue weighted by molar-refractivity contribution is 0.717. The molecule has 0 saturated heterocycles. The van der Waals surface area contributed by atoms with Crippen LogP contribution in [0.3, 0.4) is 0 Å². The van der Waals surface area contributed by atoms with Crippen molar-refractivity contribution >= 4 is 0 Å². The SMILES string of the molecule is [CH2]C(C)Cc1cccnc1. The maximum absolute atomic E-state index is 4.01. The van der Waals surface area contributed by atoms with E-state index in [1.54, 1.807) is 6.20 Å². The molecule has 0 bridgehead atoms. The van der Waals surface area contributed by atoms with Crippen LogP contribution in [-0.4, -0.2) is 4.98 Å². The predicted molar refractivity (Wildman–Crippen MR) is 42.5 cm³/mol. The Balaban J connectivity index is 2.59. The molecule has 0 aliphatic heterocycles. The van der Waals surface area contributed by atoms with Crippen LogP contribution >= 0.6 is 0 Å². The van der Waals surface area contributed by atoms with Crippen molar-refractivity contribution in [3.63, 3.8) is 0 Å². The Morgan fingerprint density at radius 3 is 3.00 bits per heavy atom. The van der Waals surface area contributed by atoms with Gasteiger partial charge in [0.25, 0.3) is 0 Å². The summed E-state index contributed by atoms with van der Waals surface area (Å²) in [4.78, 5) is 4.01. The molecule has 1 heteroatoms. The predicted octanol–water partition coefficient (Wildman–Crippen LogP) is 2.09. The number of rotatable bonds is 2. The van der Waals surface area contributed by atoms with E-state index in [4.69, 9.17) is 0 Å². The van der Waals surface area contributed by atoms with Crippen LogP contribution in [-0.2, 0) is 6.42 Å². The van der Waals surface area contributed by atoms with Crippen molar-refractivity contribution in [2.45, 2.75) is 13.3 Å². The molecule has 0 aromatic carbocycles. The maximum atomic E-state index is 4.01. The van der Waals surface area contributed by atoms with Crippen molar-refractivity contribution in [3.05, 3.63) is 37.0 Å². The summed E-state index contributed by atoms with van der Waals surface area (Å²) in [5, 5.41) is 0. The summed E-state index contributed by atoms with van der Waals surface area (Å²) < 4.78 is 0. The van der Waals surface area contributed by atoms with Crippen LogP contribution in [0.15, 0.2) is 24.5 Å². The summed E-state index contributed by atoms with van der Waals surface area (Å²) in [7, 11) is 0. The van der Waals surface area contributed by atoms with Crippen LogP contribution in [0, 0.1) is 12.8 Å². The van der Waals surface area contributed by atoms with E-state index in [0.29, 0.717) is 5.92 Å². The van der Waals surface area contributed by atoms with Gasteiger partial charge >= 0.3 is 0 Å². The largest absolute Gasteiger partial charge is 0.264 e. The van der Waals surface area contributed by atoms with Gasteiger partial charge in [-0.3, -0.25) is 4.98 Å². The van der Waals surface area contributed by atoms with E-state index in [9.17, 15) is 0 Å². The lowest BCUT2D eigenvalue weighted by Gasteiger charge is -2.01. The monoisotopic (exact) mass is 134 g/mol. The second-order valence-corrected chi connectivity index (χ2v) is 2.67. The molecular formula is C9H12N. The minimum absolute atomic E-state index is 0.476. The summed E-state index contributed by atoms with van der Waals surface area (Å²) in [6.07, 6.45) is 4.70. The van der Waals surface area contributed by atoms with Gasteiger partial charge in [-0.2, -0.15) is 0 Å². The zero-order valence-electron chi connectivity index (χ0n) is 6.25. The Labute approximate surface area is 62.1 Å². The molecule has 1 rings (SSSR count). The molecule has 0 saturated carbocycles. The first-order chi connectivity index (χ1) is 4.79. The van der Waals surface area contributed by atoms with Crippen LogP contribution in [0.2, 0.25) is 0 Å². The van der Waals surface area contributed by atoms with Gasteiger partial charge in [-0.05, 0) is 24.0 Å². The second-order valence-electron chi connectivity index (χ2n) is 2.67. The highest BCUT2D eigenvalue weighted by Gasteiger charge is 1.94. The zero-order chi connectivity index (χ0) is 7.40. The molecular weight excluding hydrogens is 122 g/mol. The topological polar surface area (TPSA) is 12.9 Å². The van der Waals surface area contributed by atoms with Gasteiger partial charge in [0.05, 0.1) is 0 Å². The van der Waals surface area contributed by atoms with Gasteiger partial charge < -0.3 is 0 Å². The van der Waals surface area contributed by atoms with Crippen molar-refractivity contribution in [1.82, 2.24) is 4.98 Å². The molecule has 0 fully saturated rings. The molecule has 1 unspecified atom stereocenters. The van der Waals surface area contributed by atoms with E-state index < -0.39 is 0 Å². The summed E-state index contributed by atoms with van der Waals surface area (Å²) in [6.45, 7) is 6.01. The first-order valence-corrected chi connectivity index (χ1v) is 3.51. The van der Waals surface area contributed by atoms with E-state index in [2.05, 4.69) is 24.9 Å². The highest BCUT2D eigenvalue weighted by molar-refractivity contribution is 5.09. The zero-order valence-corrected chi connectivity index (χ0v) is 6.25. The fraction of sp³-hybridized carbons (Fsp3) is 0.333. The molecule has 0 N–H and O–H groups in total. The van der Waals surface area contributed by atoms with Gasteiger partial charge in [0.1, 0.15) is 0 Å². The minimum Gasteiger partial charge on any atom is -0.264 e. The smallest absolute Gasteiger partial charge is 0.0299 e. The Hall–Kier alpha value is -0.850. The molecule has 1 heterocycles. The van der Waals surface area contributed by atoms with Crippen molar-refractivity contribution < 1.29 is 0 Å². The number of nitrogens with zero attached hydrogens (tertiary/aromatic N) is 1. The Kier molecular flexibility index (Phi) is 2.43. The first-order valence-electron chi connectivity index (χ1n) is 3.51. The molecule has 0 aliphatic rings. The molecule has 10 heavy (non-hydrogen) atoms. The molecule has 1 aromatic heterocycles. The van der Waals surface area contributed by atoms with Crippen LogP contribution in [0.1, 0.15) is 12.5 Å². The average Bonchev–Trinajstić information content (AvgIpc) is 1.88. The lowest BCUT2D eigenvalue weighted by Crippen LogP contribution is -1.93. The van der Waals surface area contributed by atoms with Crippen molar-refractivity contribution in [2.75, 3.05) is 0 Å².